The van der Waals surface area contributed by atoms with Gasteiger partial charge in [0.1, 0.15) is 0 Å². The van der Waals surface area contributed by atoms with Crippen molar-refractivity contribution >= 4 is 17.7 Å². The number of hydrogen-bond donors (Lipinski definition) is 2. The van der Waals surface area contributed by atoms with Crippen LogP contribution in [0.2, 0.25) is 0 Å². The number of carbonyl (C=O) groups excluding carboxylic acids is 1. The smallest absolute Gasteiger partial charge is 0.233 e. The monoisotopic (exact) mass is 330 g/mol. The molecule has 1 heterocycles. The van der Waals surface area contributed by atoms with Crippen molar-refractivity contribution in [1.82, 2.24) is 20.5 Å². The number of nitrogens with zero attached hydrogens (tertiary/aromatic N) is 2. The van der Waals surface area contributed by atoms with Crippen molar-refractivity contribution in [2.75, 3.05) is 0 Å². The van der Waals surface area contributed by atoms with Crippen LogP contribution in [0, 0.1) is 6.92 Å². The molecule has 122 valence electrons. The molecule has 1 fully saturated rings. The van der Waals surface area contributed by atoms with Crippen molar-refractivity contribution in [3.63, 3.8) is 0 Å². The van der Waals surface area contributed by atoms with Gasteiger partial charge >= 0.3 is 0 Å². The summed E-state index contributed by atoms with van der Waals surface area (Å²) in [7, 11) is 0. The van der Waals surface area contributed by atoms with E-state index in [-0.39, 0.29) is 11.2 Å². The molecule has 0 aliphatic heterocycles. The summed E-state index contributed by atoms with van der Waals surface area (Å²) in [6.07, 6.45) is 4.63. The molecule has 0 spiro atoms. The van der Waals surface area contributed by atoms with E-state index in [9.17, 15) is 4.79 Å². The average Bonchev–Trinajstić information content (AvgIpc) is 3.20. The molecule has 2 aromatic rings. The third kappa shape index (κ3) is 4.13. The molecule has 1 amide bonds. The second-order valence-corrected chi connectivity index (χ2v) is 7.39. The van der Waals surface area contributed by atoms with E-state index in [1.807, 2.05) is 31.2 Å². The van der Waals surface area contributed by atoms with Crippen LogP contribution in [0.15, 0.2) is 29.4 Å². The highest BCUT2D eigenvalue weighted by Gasteiger charge is 2.22. The minimum Gasteiger partial charge on any atom is -0.352 e. The lowest BCUT2D eigenvalue weighted by Gasteiger charge is -2.15. The van der Waals surface area contributed by atoms with Gasteiger partial charge in [0.2, 0.25) is 11.1 Å². The zero-order valence-corrected chi connectivity index (χ0v) is 14.3. The lowest BCUT2D eigenvalue weighted by molar-refractivity contribution is -0.120. The number of nitrogens with one attached hydrogen (secondary N) is 2. The lowest BCUT2D eigenvalue weighted by atomic mass is 10.1. The summed E-state index contributed by atoms with van der Waals surface area (Å²) in [6.45, 7) is 3.95. The molecule has 1 aromatic heterocycles. The summed E-state index contributed by atoms with van der Waals surface area (Å²) in [5.74, 6) is 0.805. The van der Waals surface area contributed by atoms with Crippen molar-refractivity contribution in [2.24, 2.45) is 0 Å². The van der Waals surface area contributed by atoms with Crippen molar-refractivity contribution in [1.29, 1.82) is 0 Å². The Labute approximate surface area is 140 Å². The zero-order valence-electron chi connectivity index (χ0n) is 13.5. The number of aromatic amines is 1. The normalized spacial score (nSPS) is 16.4. The summed E-state index contributed by atoms with van der Waals surface area (Å²) >= 11 is 1.39. The number of aryl methyl sites for hydroxylation is 1. The van der Waals surface area contributed by atoms with Crippen LogP contribution in [0.1, 0.15) is 38.2 Å². The SMILES string of the molecule is Cc1ccc(-c2nc(S[C@H](C)C(=O)NC3CCCC3)n[nH]2)cc1. The van der Waals surface area contributed by atoms with Crippen LogP contribution < -0.4 is 5.32 Å². The average molecular weight is 330 g/mol. The first-order valence-corrected chi connectivity index (χ1v) is 8.96. The van der Waals surface area contributed by atoms with E-state index in [1.165, 1.54) is 30.2 Å². The molecule has 1 saturated carbocycles. The van der Waals surface area contributed by atoms with Gasteiger partial charge in [0, 0.05) is 11.6 Å². The van der Waals surface area contributed by atoms with Crippen LogP contribution in [0.25, 0.3) is 11.4 Å². The van der Waals surface area contributed by atoms with Gasteiger partial charge in [-0.2, -0.15) is 0 Å². The third-order valence-electron chi connectivity index (χ3n) is 4.14. The zero-order chi connectivity index (χ0) is 16.2. The molecule has 0 saturated heterocycles. The first-order chi connectivity index (χ1) is 11.1. The summed E-state index contributed by atoms with van der Waals surface area (Å²) < 4.78 is 0. The molecule has 1 aliphatic carbocycles. The molecule has 5 nitrogen and oxygen atoms in total. The molecule has 1 atom stereocenters. The Bertz CT molecular complexity index is 661. The molecule has 1 aliphatic rings. The molecule has 6 heteroatoms. The highest BCUT2D eigenvalue weighted by atomic mass is 32.2. The second kappa shape index (κ2) is 7.17. The van der Waals surface area contributed by atoms with Crippen LogP contribution in [-0.4, -0.2) is 32.4 Å². The number of aromatic nitrogens is 3. The van der Waals surface area contributed by atoms with Crippen molar-refractivity contribution in [2.45, 2.75) is 56.0 Å². The number of amides is 1. The maximum atomic E-state index is 12.2. The molecule has 3 rings (SSSR count). The topological polar surface area (TPSA) is 70.7 Å². The van der Waals surface area contributed by atoms with Gasteiger partial charge in [-0.15, -0.1) is 5.10 Å². The third-order valence-corrected chi connectivity index (χ3v) is 5.10. The standard InChI is InChI=1S/C17H22N4OS/c1-11-7-9-13(10-8-11)15-19-17(21-20-15)23-12(2)16(22)18-14-5-3-4-6-14/h7-10,12,14H,3-6H2,1-2H3,(H,18,22)(H,19,20,21)/t12-/m1/s1. The largest absolute Gasteiger partial charge is 0.352 e. The number of rotatable bonds is 5. The van der Waals surface area contributed by atoms with Crippen LogP contribution >= 0.6 is 11.8 Å². The number of H-pyrrole nitrogens is 1. The minimum absolute atomic E-state index is 0.0728. The number of hydrogen-bond acceptors (Lipinski definition) is 4. The Kier molecular flexibility index (Phi) is 5.00. The van der Waals surface area contributed by atoms with E-state index in [4.69, 9.17) is 0 Å². The number of thioether (sulfide) groups is 1. The number of carbonyl (C=O) groups is 1. The molecular formula is C17H22N4OS. The molecule has 0 radical (unpaired) electrons. The van der Waals surface area contributed by atoms with Gasteiger partial charge in [-0.1, -0.05) is 54.4 Å². The van der Waals surface area contributed by atoms with E-state index in [1.54, 1.807) is 0 Å². The van der Waals surface area contributed by atoms with Gasteiger partial charge in [0.15, 0.2) is 5.82 Å². The highest BCUT2D eigenvalue weighted by Crippen LogP contribution is 2.24. The molecule has 0 bridgehead atoms. The van der Waals surface area contributed by atoms with E-state index in [0.717, 1.165) is 24.2 Å². The lowest BCUT2D eigenvalue weighted by Crippen LogP contribution is -2.37. The van der Waals surface area contributed by atoms with E-state index < -0.39 is 0 Å². The summed E-state index contributed by atoms with van der Waals surface area (Å²) in [4.78, 5) is 16.7. The van der Waals surface area contributed by atoms with Gasteiger partial charge in [-0.05, 0) is 26.7 Å². The fourth-order valence-electron chi connectivity index (χ4n) is 2.74. The maximum absolute atomic E-state index is 12.2. The number of benzene rings is 1. The van der Waals surface area contributed by atoms with E-state index >= 15 is 0 Å². The Morgan fingerprint density at radius 2 is 2.00 bits per heavy atom. The Balaban J connectivity index is 1.59. The fraction of sp³-hybridized carbons (Fsp3) is 0.471. The predicted molar refractivity (Wildman–Crippen MR) is 92.3 cm³/mol. The van der Waals surface area contributed by atoms with Crippen molar-refractivity contribution < 1.29 is 4.79 Å². The van der Waals surface area contributed by atoms with E-state index in [2.05, 4.69) is 27.4 Å². The molecule has 1 aromatic carbocycles. The highest BCUT2D eigenvalue weighted by molar-refractivity contribution is 8.00. The fourth-order valence-corrected chi connectivity index (χ4v) is 3.47. The van der Waals surface area contributed by atoms with Crippen molar-refractivity contribution in [3.8, 4) is 11.4 Å². The maximum Gasteiger partial charge on any atom is 0.233 e. The van der Waals surface area contributed by atoms with E-state index in [0.29, 0.717) is 11.2 Å². The van der Waals surface area contributed by atoms with Gasteiger partial charge in [-0.25, -0.2) is 4.98 Å². The second-order valence-electron chi connectivity index (χ2n) is 6.08. The summed E-state index contributed by atoms with van der Waals surface area (Å²) in [5.41, 5.74) is 2.21. The molecule has 0 unspecified atom stereocenters. The van der Waals surface area contributed by atoms with Crippen LogP contribution in [0.5, 0.6) is 0 Å². The van der Waals surface area contributed by atoms with Crippen LogP contribution in [0.4, 0.5) is 0 Å². The Hall–Kier alpha value is -1.82. The van der Waals surface area contributed by atoms with Crippen LogP contribution in [-0.2, 0) is 4.79 Å². The van der Waals surface area contributed by atoms with Crippen LogP contribution in [0.3, 0.4) is 0 Å². The first kappa shape index (κ1) is 16.1. The van der Waals surface area contributed by atoms with Gasteiger partial charge < -0.3 is 5.32 Å². The molecular weight excluding hydrogens is 308 g/mol. The Morgan fingerprint density at radius 1 is 1.30 bits per heavy atom. The molecule has 23 heavy (non-hydrogen) atoms. The molecule has 2 N–H and O–H groups in total. The van der Waals surface area contributed by atoms with Gasteiger partial charge in [0.05, 0.1) is 5.25 Å². The quantitative estimate of drug-likeness (QED) is 0.825. The van der Waals surface area contributed by atoms with Crippen molar-refractivity contribution in [3.05, 3.63) is 29.8 Å². The van der Waals surface area contributed by atoms with Gasteiger partial charge in [0.25, 0.3) is 0 Å². The summed E-state index contributed by atoms with van der Waals surface area (Å²) in [5, 5.41) is 10.7. The van der Waals surface area contributed by atoms with Gasteiger partial charge in [-0.3, -0.25) is 9.89 Å². The summed E-state index contributed by atoms with van der Waals surface area (Å²) in [6, 6.07) is 8.46. The minimum atomic E-state index is -0.197. The predicted octanol–water partition coefficient (Wildman–Crippen LogP) is 3.32. The first-order valence-electron chi connectivity index (χ1n) is 8.08. The Morgan fingerprint density at radius 3 is 2.70 bits per heavy atom.